The number of para-hydroxylation sites is 1. The van der Waals surface area contributed by atoms with Crippen molar-refractivity contribution in [3.05, 3.63) is 58.6 Å². The number of rotatable bonds is 7. The summed E-state index contributed by atoms with van der Waals surface area (Å²) < 4.78 is 12.0. The maximum Gasteiger partial charge on any atom is 0.254 e. The van der Waals surface area contributed by atoms with E-state index in [2.05, 4.69) is 10.6 Å². The molecule has 166 valence electrons. The second kappa shape index (κ2) is 9.47. The van der Waals surface area contributed by atoms with Gasteiger partial charge in [-0.1, -0.05) is 23.7 Å². The van der Waals surface area contributed by atoms with Crippen molar-refractivity contribution in [1.29, 1.82) is 0 Å². The van der Waals surface area contributed by atoms with Crippen LogP contribution in [0.15, 0.2) is 42.5 Å². The Morgan fingerprint density at radius 1 is 1.29 bits per heavy atom. The highest BCUT2D eigenvalue weighted by atomic mass is 35.5. The number of amides is 1. The summed E-state index contributed by atoms with van der Waals surface area (Å²) in [6.45, 7) is 0.563. The fourth-order valence-corrected chi connectivity index (χ4v) is 4.69. The van der Waals surface area contributed by atoms with Gasteiger partial charge in [0.05, 0.1) is 5.56 Å². The molecule has 1 fully saturated rings. The van der Waals surface area contributed by atoms with Crippen molar-refractivity contribution >= 4 is 17.5 Å². The predicted octanol–water partition coefficient (Wildman–Crippen LogP) is 3.35. The Morgan fingerprint density at radius 3 is 2.84 bits per heavy atom. The summed E-state index contributed by atoms with van der Waals surface area (Å²) in [7, 11) is 1.58. The second-order valence-corrected chi connectivity index (χ2v) is 8.87. The summed E-state index contributed by atoms with van der Waals surface area (Å²) in [6.07, 6.45) is 4.19. The summed E-state index contributed by atoms with van der Waals surface area (Å²) in [5.41, 5.74) is 1.54. The lowest BCUT2D eigenvalue weighted by atomic mass is 9.79. The van der Waals surface area contributed by atoms with Crippen LogP contribution in [0.25, 0.3) is 0 Å². The molecule has 1 spiro atoms. The van der Waals surface area contributed by atoms with E-state index in [4.69, 9.17) is 21.1 Å². The van der Waals surface area contributed by atoms with E-state index in [0.29, 0.717) is 23.9 Å². The van der Waals surface area contributed by atoms with Gasteiger partial charge in [0.25, 0.3) is 5.91 Å². The van der Waals surface area contributed by atoms with Crippen LogP contribution in [0.3, 0.4) is 0 Å². The number of carbonyl (C=O) groups is 1. The van der Waals surface area contributed by atoms with Gasteiger partial charge in [0.2, 0.25) is 0 Å². The lowest BCUT2D eigenvalue weighted by Crippen LogP contribution is -2.46. The van der Waals surface area contributed by atoms with Crippen LogP contribution in [0.5, 0.6) is 11.5 Å². The Balaban J connectivity index is 1.21. The summed E-state index contributed by atoms with van der Waals surface area (Å²) >= 11 is 6.12. The highest BCUT2D eigenvalue weighted by Crippen LogP contribution is 2.44. The Kier molecular flexibility index (Phi) is 6.70. The van der Waals surface area contributed by atoms with Crippen molar-refractivity contribution in [2.45, 2.75) is 49.9 Å². The highest BCUT2D eigenvalue weighted by Gasteiger charge is 2.42. The van der Waals surface area contributed by atoms with Crippen LogP contribution in [0.2, 0.25) is 5.02 Å². The standard InChI is InChI=1S/C24H29ClN2O4/c1-26-23(29)20-4-2-3-5-22(20)30-15-19(28)14-27-18-8-10-24(11-9-18)13-16-12-17(25)6-7-21(16)31-24/h2-7,12,18-19,27-28H,8-11,13-15H2,1H3,(H,26,29)/t18?,19-,24?/m1/s1. The first kappa shape index (κ1) is 21.9. The van der Waals surface area contributed by atoms with Crippen molar-refractivity contribution in [1.82, 2.24) is 10.6 Å². The molecule has 31 heavy (non-hydrogen) atoms. The van der Waals surface area contributed by atoms with Crippen molar-refractivity contribution in [2.75, 3.05) is 20.2 Å². The third kappa shape index (κ3) is 5.14. The largest absolute Gasteiger partial charge is 0.490 e. The number of carbonyl (C=O) groups excluding carboxylic acids is 1. The molecule has 0 radical (unpaired) electrons. The number of hydrogen-bond acceptors (Lipinski definition) is 5. The number of ether oxygens (including phenoxy) is 2. The third-order valence-corrected chi connectivity index (χ3v) is 6.43. The van der Waals surface area contributed by atoms with Gasteiger partial charge in [-0.15, -0.1) is 0 Å². The maximum atomic E-state index is 11.9. The first-order chi connectivity index (χ1) is 15.0. The first-order valence-corrected chi connectivity index (χ1v) is 11.2. The van der Waals surface area contributed by atoms with E-state index in [0.717, 1.165) is 42.9 Å². The molecule has 6 nitrogen and oxygen atoms in total. The molecule has 1 amide bonds. The molecule has 1 saturated carbocycles. The molecule has 2 aromatic rings. The Hall–Kier alpha value is -2.28. The maximum absolute atomic E-state index is 11.9. The lowest BCUT2D eigenvalue weighted by molar-refractivity contribution is 0.0391. The number of aliphatic hydroxyl groups excluding tert-OH is 1. The molecule has 3 N–H and O–H groups in total. The van der Waals surface area contributed by atoms with Crippen molar-refractivity contribution in [2.24, 2.45) is 0 Å². The van der Waals surface area contributed by atoms with Crippen molar-refractivity contribution in [3.8, 4) is 11.5 Å². The molecule has 0 bridgehead atoms. The summed E-state index contributed by atoms with van der Waals surface area (Å²) in [6, 6.07) is 13.2. The smallest absolute Gasteiger partial charge is 0.254 e. The van der Waals surface area contributed by atoms with Crippen LogP contribution < -0.4 is 20.1 Å². The molecular weight excluding hydrogens is 416 g/mol. The first-order valence-electron chi connectivity index (χ1n) is 10.8. The van der Waals surface area contributed by atoms with Gasteiger partial charge in [0, 0.05) is 31.1 Å². The molecule has 0 saturated heterocycles. The molecular formula is C24H29ClN2O4. The normalized spacial score (nSPS) is 23.1. The van der Waals surface area contributed by atoms with Crippen LogP contribution in [0, 0.1) is 0 Å². The molecule has 0 unspecified atom stereocenters. The molecule has 1 aliphatic carbocycles. The van der Waals surface area contributed by atoms with Crippen molar-refractivity contribution in [3.63, 3.8) is 0 Å². The zero-order valence-corrected chi connectivity index (χ0v) is 18.5. The number of halogens is 1. The van der Waals surface area contributed by atoms with Gasteiger partial charge < -0.3 is 25.2 Å². The van der Waals surface area contributed by atoms with E-state index in [-0.39, 0.29) is 18.1 Å². The number of nitrogens with one attached hydrogen (secondary N) is 2. The van der Waals surface area contributed by atoms with Gasteiger partial charge >= 0.3 is 0 Å². The van der Waals surface area contributed by atoms with Gasteiger partial charge in [-0.05, 0) is 61.6 Å². The molecule has 2 aliphatic rings. The Morgan fingerprint density at radius 2 is 2.06 bits per heavy atom. The highest BCUT2D eigenvalue weighted by molar-refractivity contribution is 6.30. The van der Waals surface area contributed by atoms with Crippen LogP contribution in [0.4, 0.5) is 0 Å². The quantitative estimate of drug-likeness (QED) is 0.610. The molecule has 2 aromatic carbocycles. The van der Waals surface area contributed by atoms with Gasteiger partial charge in [-0.3, -0.25) is 4.79 Å². The lowest BCUT2D eigenvalue weighted by Gasteiger charge is -2.37. The predicted molar refractivity (Wildman–Crippen MR) is 120 cm³/mol. The fraction of sp³-hybridized carbons (Fsp3) is 0.458. The number of aliphatic hydroxyl groups is 1. The van der Waals surface area contributed by atoms with E-state index >= 15 is 0 Å². The summed E-state index contributed by atoms with van der Waals surface area (Å²) in [4.78, 5) is 11.9. The minimum Gasteiger partial charge on any atom is -0.490 e. The molecule has 0 aromatic heterocycles. The van der Waals surface area contributed by atoms with Gasteiger partial charge in [0.1, 0.15) is 29.8 Å². The summed E-state index contributed by atoms with van der Waals surface area (Å²) in [5, 5.41) is 17.2. The second-order valence-electron chi connectivity index (χ2n) is 8.44. The minimum absolute atomic E-state index is 0.115. The topological polar surface area (TPSA) is 79.8 Å². The van der Waals surface area contributed by atoms with E-state index in [1.807, 2.05) is 24.3 Å². The zero-order valence-electron chi connectivity index (χ0n) is 17.7. The average Bonchev–Trinajstić information content (AvgIpc) is 3.13. The van der Waals surface area contributed by atoms with Crippen LogP contribution in [-0.4, -0.2) is 49.0 Å². The van der Waals surface area contributed by atoms with E-state index in [9.17, 15) is 9.90 Å². The molecule has 1 atom stereocenters. The molecule has 1 heterocycles. The SMILES string of the molecule is CNC(=O)c1ccccc1OC[C@H](O)CNC1CCC2(CC1)Cc1cc(Cl)ccc1O2. The minimum atomic E-state index is -0.664. The van der Waals surface area contributed by atoms with E-state index in [1.54, 1.807) is 25.2 Å². The van der Waals surface area contributed by atoms with Gasteiger partial charge in [0.15, 0.2) is 0 Å². The van der Waals surface area contributed by atoms with Crippen LogP contribution in [-0.2, 0) is 6.42 Å². The van der Waals surface area contributed by atoms with E-state index in [1.165, 1.54) is 5.56 Å². The van der Waals surface area contributed by atoms with Crippen molar-refractivity contribution < 1.29 is 19.4 Å². The molecule has 4 rings (SSSR count). The summed E-state index contributed by atoms with van der Waals surface area (Å²) in [5.74, 6) is 1.22. The van der Waals surface area contributed by atoms with E-state index < -0.39 is 6.10 Å². The van der Waals surface area contributed by atoms with Gasteiger partial charge in [-0.2, -0.15) is 0 Å². The number of hydrogen-bond donors (Lipinski definition) is 3. The van der Waals surface area contributed by atoms with Crippen LogP contribution in [0.1, 0.15) is 41.6 Å². The van der Waals surface area contributed by atoms with Gasteiger partial charge in [-0.25, -0.2) is 0 Å². The molecule has 1 aliphatic heterocycles. The van der Waals surface area contributed by atoms with Crippen LogP contribution >= 0.6 is 11.6 Å². The number of benzene rings is 2. The fourth-order valence-electron chi connectivity index (χ4n) is 4.49. The monoisotopic (exact) mass is 444 g/mol. The zero-order chi connectivity index (χ0) is 21.8. The third-order valence-electron chi connectivity index (χ3n) is 6.19. The Labute approximate surface area is 187 Å². The molecule has 7 heteroatoms. The Bertz CT molecular complexity index is 928. The number of fused-ring (bicyclic) bond motifs is 1. The average molecular weight is 445 g/mol.